The first kappa shape index (κ1) is 14.9. The van der Waals surface area contributed by atoms with Gasteiger partial charge < -0.3 is 10.2 Å². The fraction of sp³-hybridized carbons (Fsp3) is 0.615. The number of aliphatic carboxylic acids is 2. The molecule has 110 valence electrons. The molecule has 0 amide bonds. The number of aromatic nitrogens is 1. The van der Waals surface area contributed by atoms with Crippen LogP contribution >= 0.6 is 11.3 Å². The lowest BCUT2D eigenvalue weighted by Gasteiger charge is -2.49. The van der Waals surface area contributed by atoms with E-state index in [1.165, 1.54) is 18.3 Å². The van der Waals surface area contributed by atoms with Crippen molar-refractivity contribution in [1.29, 1.82) is 0 Å². The van der Waals surface area contributed by atoms with E-state index in [0.717, 1.165) is 0 Å². The number of carboxylic acids is 2. The summed E-state index contributed by atoms with van der Waals surface area (Å²) in [5.41, 5.74) is -1.41. The SMILES string of the molecule is CC1CN(C)C(c2nccs2)C(C)(C(=O)O)C1C(=O)O. The third kappa shape index (κ3) is 2.10. The Balaban J connectivity index is 2.58. The predicted octanol–water partition coefficient (Wildman–Crippen LogP) is 1.56. The maximum Gasteiger partial charge on any atom is 0.312 e. The minimum atomic E-state index is -1.41. The summed E-state index contributed by atoms with van der Waals surface area (Å²) < 4.78 is 0. The van der Waals surface area contributed by atoms with E-state index in [-0.39, 0.29) is 5.92 Å². The van der Waals surface area contributed by atoms with Crippen molar-refractivity contribution in [3.63, 3.8) is 0 Å². The summed E-state index contributed by atoms with van der Waals surface area (Å²) >= 11 is 1.36. The smallest absolute Gasteiger partial charge is 0.312 e. The molecule has 20 heavy (non-hydrogen) atoms. The Morgan fingerprint density at radius 2 is 2.15 bits per heavy atom. The molecule has 1 aliphatic rings. The van der Waals surface area contributed by atoms with Gasteiger partial charge in [0, 0.05) is 18.1 Å². The quantitative estimate of drug-likeness (QED) is 0.880. The van der Waals surface area contributed by atoms with Gasteiger partial charge in [-0.1, -0.05) is 6.92 Å². The predicted molar refractivity (Wildman–Crippen MR) is 73.5 cm³/mol. The van der Waals surface area contributed by atoms with E-state index >= 15 is 0 Å². The Kier molecular flexibility index (Phi) is 3.84. The Hall–Kier alpha value is -1.47. The van der Waals surface area contributed by atoms with Crippen LogP contribution in [0.1, 0.15) is 24.9 Å². The molecule has 0 bridgehead atoms. The fourth-order valence-electron chi connectivity index (χ4n) is 3.45. The van der Waals surface area contributed by atoms with Crippen LogP contribution in [0.5, 0.6) is 0 Å². The number of carboxylic acid groups (broad SMARTS) is 2. The number of piperidine rings is 1. The van der Waals surface area contributed by atoms with Gasteiger partial charge in [0.1, 0.15) is 10.4 Å². The number of hydrogen-bond acceptors (Lipinski definition) is 5. The van der Waals surface area contributed by atoms with Gasteiger partial charge in [0.25, 0.3) is 0 Å². The summed E-state index contributed by atoms with van der Waals surface area (Å²) in [5, 5.41) is 21.6. The number of carbonyl (C=O) groups is 2. The molecule has 1 fully saturated rings. The van der Waals surface area contributed by atoms with Crippen molar-refractivity contribution in [2.45, 2.75) is 19.9 Å². The first-order valence-corrected chi connectivity index (χ1v) is 7.24. The zero-order valence-corrected chi connectivity index (χ0v) is 12.4. The lowest BCUT2D eigenvalue weighted by molar-refractivity contribution is -0.177. The van der Waals surface area contributed by atoms with E-state index < -0.39 is 29.3 Å². The van der Waals surface area contributed by atoms with Gasteiger partial charge in [-0.05, 0) is 19.9 Å². The highest BCUT2D eigenvalue weighted by Crippen LogP contribution is 2.51. The molecule has 7 heteroatoms. The van der Waals surface area contributed by atoms with Crippen LogP contribution in [0.25, 0.3) is 0 Å². The first-order valence-electron chi connectivity index (χ1n) is 6.36. The van der Waals surface area contributed by atoms with Crippen LogP contribution in [0.2, 0.25) is 0 Å². The second kappa shape index (κ2) is 5.14. The number of nitrogens with zero attached hydrogens (tertiary/aromatic N) is 2. The summed E-state index contributed by atoms with van der Waals surface area (Å²) in [7, 11) is 1.82. The summed E-state index contributed by atoms with van der Waals surface area (Å²) in [6.07, 6.45) is 1.61. The Labute approximate surface area is 121 Å². The van der Waals surface area contributed by atoms with Crippen LogP contribution in [0.3, 0.4) is 0 Å². The zero-order chi connectivity index (χ0) is 15.1. The van der Waals surface area contributed by atoms with Gasteiger partial charge in [-0.2, -0.15) is 0 Å². The standard InChI is InChI=1S/C13H18N2O4S/c1-7-6-15(3)9(10-14-4-5-20-10)13(2,12(18)19)8(7)11(16)17/h4-5,7-9H,6H2,1-3H3,(H,16,17)(H,18,19). The third-order valence-electron chi connectivity index (χ3n) is 4.21. The van der Waals surface area contributed by atoms with Crippen molar-refractivity contribution in [2.75, 3.05) is 13.6 Å². The summed E-state index contributed by atoms with van der Waals surface area (Å²) in [6.45, 7) is 3.84. The number of likely N-dealkylation sites (tertiary alicyclic amines) is 1. The fourth-order valence-corrected chi connectivity index (χ4v) is 4.38. The van der Waals surface area contributed by atoms with E-state index in [4.69, 9.17) is 0 Å². The minimum Gasteiger partial charge on any atom is -0.481 e. The molecule has 4 atom stereocenters. The average molecular weight is 298 g/mol. The summed E-state index contributed by atoms with van der Waals surface area (Å²) in [6, 6.07) is -0.530. The molecule has 4 unspecified atom stereocenters. The van der Waals surface area contributed by atoms with Crippen LogP contribution in [0.4, 0.5) is 0 Å². The molecular weight excluding hydrogens is 280 g/mol. The van der Waals surface area contributed by atoms with E-state index in [9.17, 15) is 19.8 Å². The Morgan fingerprint density at radius 1 is 1.50 bits per heavy atom. The van der Waals surface area contributed by atoms with Crippen molar-refractivity contribution >= 4 is 23.3 Å². The molecule has 6 nitrogen and oxygen atoms in total. The topological polar surface area (TPSA) is 90.7 Å². The second-order valence-corrected chi connectivity index (χ2v) is 6.52. The van der Waals surface area contributed by atoms with Gasteiger partial charge in [0.2, 0.25) is 0 Å². The number of rotatable bonds is 3. The molecule has 2 heterocycles. The molecule has 2 rings (SSSR count). The number of thiazole rings is 1. The van der Waals surface area contributed by atoms with Crippen molar-refractivity contribution in [3.05, 3.63) is 16.6 Å². The zero-order valence-electron chi connectivity index (χ0n) is 11.6. The van der Waals surface area contributed by atoms with Crippen molar-refractivity contribution in [1.82, 2.24) is 9.88 Å². The van der Waals surface area contributed by atoms with Crippen LogP contribution in [-0.2, 0) is 9.59 Å². The van der Waals surface area contributed by atoms with E-state index in [1.54, 1.807) is 18.5 Å². The van der Waals surface area contributed by atoms with Crippen molar-refractivity contribution < 1.29 is 19.8 Å². The molecule has 0 spiro atoms. The number of hydrogen-bond donors (Lipinski definition) is 2. The van der Waals surface area contributed by atoms with Crippen LogP contribution in [-0.4, -0.2) is 45.6 Å². The minimum absolute atomic E-state index is 0.241. The van der Waals surface area contributed by atoms with E-state index in [0.29, 0.717) is 11.6 Å². The lowest BCUT2D eigenvalue weighted by Crippen LogP contribution is -2.58. The largest absolute Gasteiger partial charge is 0.481 e. The maximum absolute atomic E-state index is 11.9. The maximum atomic E-state index is 11.9. The Bertz CT molecular complexity index is 518. The van der Waals surface area contributed by atoms with Gasteiger partial charge in [-0.25, -0.2) is 4.98 Å². The highest BCUT2D eigenvalue weighted by atomic mass is 32.1. The normalized spacial score (nSPS) is 34.9. The van der Waals surface area contributed by atoms with Gasteiger partial charge in [0.05, 0.1) is 12.0 Å². The Morgan fingerprint density at radius 3 is 2.60 bits per heavy atom. The first-order chi connectivity index (χ1) is 9.30. The highest BCUT2D eigenvalue weighted by molar-refractivity contribution is 7.09. The molecule has 2 N–H and O–H groups in total. The third-order valence-corrected chi connectivity index (χ3v) is 5.04. The van der Waals surface area contributed by atoms with Crippen LogP contribution in [0, 0.1) is 17.3 Å². The van der Waals surface area contributed by atoms with Gasteiger partial charge in [-0.15, -0.1) is 11.3 Å². The molecule has 0 aromatic carbocycles. The van der Waals surface area contributed by atoms with Crippen molar-refractivity contribution in [2.24, 2.45) is 17.3 Å². The second-order valence-electron chi connectivity index (χ2n) is 5.59. The lowest BCUT2D eigenvalue weighted by atomic mass is 9.63. The van der Waals surface area contributed by atoms with Gasteiger partial charge in [0.15, 0.2) is 0 Å². The van der Waals surface area contributed by atoms with E-state index in [1.807, 2.05) is 11.9 Å². The van der Waals surface area contributed by atoms with E-state index in [2.05, 4.69) is 4.98 Å². The molecule has 1 saturated heterocycles. The van der Waals surface area contributed by atoms with Gasteiger partial charge >= 0.3 is 11.9 Å². The molecule has 0 saturated carbocycles. The van der Waals surface area contributed by atoms with Gasteiger partial charge in [-0.3, -0.25) is 14.5 Å². The molecule has 1 aromatic rings. The molecule has 1 aromatic heterocycles. The van der Waals surface area contributed by atoms with Crippen molar-refractivity contribution in [3.8, 4) is 0 Å². The molecular formula is C13H18N2O4S. The molecule has 0 radical (unpaired) electrons. The monoisotopic (exact) mass is 298 g/mol. The van der Waals surface area contributed by atoms with Crippen LogP contribution in [0.15, 0.2) is 11.6 Å². The summed E-state index contributed by atoms with van der Waals surface area (Å²) in [5.74, 6) is -3.33. The van der Waals surface area contributed by atoms with Crippen LogP contribution < -0.4 is 0 Å². The molecule has 0 aliphatic carbocycles. The summed E-state index contributed by atoms with van der Waals surface area (Å²) in [4.78, 5) is 29.6. The average Bonchev–Trinajstić information content (AvgIpc) is 2.80. The molecule has 1 aliphatic heterocycles. The highest BCUT2D eigenvalue weighted by Gasteiger charge is 2.59.